The first-order chi connectivity index (χ1) is 12.7. The predicted octanol–water partition coefficient (Wildman–Crippen LogP) is 3.05. The minimum atomic E-state index is -0.124. The number of hydrogen-bond acceptors (Lipinski definition) is 4. The van der Waals surface area contributed by atoms with Gasteiger partial charge in [0.25, 0.3) is 5.91 Å². The number of hydrogen-bond donors (Lipinski definition) is 1. The Kier molecular flexibility index (Phi) is 4.15. The van der Waals surface area contributed by atoms with E-state index in [1.165, 1.54) is 6.33 Å². The zero-order valence-corrected chi connectivity index (χ0v) is 14.3. The van der Waals surface area contributed by atoms with E-state index in [0.29, 0.717) is 12.1 Å². The number of pyridine rings is 1. The molecular formula is C20H17N5O. The molecule has 0 fully saturated rings. The van der Waals surface area contributed by atoms with Crippen molar-refractivity contribution in [1.29, 1.82) is 0 Å². The molecule has 0 aliphatic carbocycles. The van der Waals surface area contributed by atoms with Gasteiger partial charge in [-0.05, 0) is 36.2 Å². The van der Waals surface area contributed by atoms with E-state index in [1.54, 1.807) is 17.2 Å². The van der Waals surface area contributed by atoms with Crippen LogP contribution in [0.4, 0.5) is 0 Å². The number of nitrogens with one attached hydrogen (secondary N) is 1. The van der Waals surface area contributed by atoms with Gasteiger partial charge in [-0.25, -0.2) is 9.67 Å². The number of para-hydroxylation sites is 1. The van der Waals surface area contributed by atoms with Crippen LogP contribution in [0.5, 0.6) is 0 Å². The van der Waals surface area contributed by atoms with Crippen molar-refractivity contribution in [2.45, 2.75) is 13.5 Å². The summed E-state index contributed by atoms with van der Waals surface area (Å²) in [4.78, 5) is 20.9. The van der Waals surface area contributed by atoms with Crippen molar-refractivity contribution in [1.82, 2.24) is 25.1 Å². The maximum atomic E-state index is 12.6. The molecule has 0 saturated carbocycles. The van der Waals surface area contributed by atoms with Gasteiger partial charge in [-0.15, -0.1) is 0 Å². The molecule has 0 bridgehead atoms. The smallest absolute Gasteiger partial charge is 0.253 e. The minimum absolute atomic E-state index is 0.124. The van der Waals surface area contributed by atoms with Crippen molar-refractivity contribution in [3.05, 3.63) is 84.1 Å². The summed E-state index contributed by atoms with van der Waals surface area (Å²) in [6.45, 7) is 2.40. The Balaban J connectivity index is 1.48. The monoisotopic (exact) mass is 343 g/mol. The second-order valence-corrected chi connectivity index (χ2v) is 6.00. The fourth-order valence-electron chi connectivity index (χ4n) is 2.89. The first-order valence-corrected chi connectivity index (χ1v) is 8.29. The van der Waals surface area contributed by atoms with E-state index in [2.05, 4.69) is 20.4 Å². The van der Waals surface area contributed by atoms with Gasteiger partial charge in [0.05, 0.1) is 16.8 Å². The molecule has 1 amide bonds. The molecule has 1 N–H and O–H groups in total. The molecule has 0 spiro atoms. The largest absolute Gasteiger partial charge is 0.348 e. The fourth-order valence-corrected chi connectivity index (χ4v) is 2.89. The lowest BCUT2D eigenvalue weighted by Gasteiger charge is -2.10. The third-order valence-corrected chi connectivity index (χ3v) is 4.36. The molecule has 2 aromatic heterocycles. The summed E-state index contributed by atoms with van der Waals surface area (Å²) in [6.07, 6.45) is 4.78. The Labute approximate surface area is 150 Å². The molecule has 0 aliphatic heterocycles. The highest BCUT2D eigenvalue weighted by molar-refractivity contribution is 5.99. The van der Waals surface area contributed by atoms with Gasteiger partial charge in [0.2, 0.25) is 0 Å². The number of amides is 1. The first-order valence-electron chi connectivity index (χ1n) is 8.29. The van der Waals surface area contributed by atoms with E-state index in [-0.39, 0.29) is 5.91 Å². The molecule has 0 unspecified atom stereocenters. The summed E-state index contributed by atoms with van der Waals surface area (Å²) in [6, 6.07) is 15.6. The molecule has 6 nitrogen and oxygen atoms in total. The van der Waals surface area contributed by atoms with Crippen LogP contribution in [0.2, 0.25) is 0 Å². The van der Waals surface area contributed by atoms with Crippen LogP contribution in [0, 0.1) is 6.92 Å². The second-order valence-electron chi connectivity index (χ2n) is 6.00. The van der Waals surface area contributed by atoms with E-state index in [4.69, 9.17) is 0 Å². The molecule has 0 aliphatic rings. The average molecular weight is 343 g/mol. The predicted molar refractivity (Wildman–Crippen MR) is 99.0 cm³/mol. The summed E-state index contributed by atoms with van der Waals surface area (Å²) in [5.41, 5.74) is 4.36. The standard InChI is InChI=1S/C20H17N5O/c1-14-17-4-2-3-5-19(17)22-11-18(14)20(26)23-10-15-6-8-16(9-7-15)25-13-21-12-24-25/h2-9,11-13H,10H2,1H3,(H,23,26). The topological polar surface area (TPSA) is 72.7 Å². The zero-order valence-electron chi connectivity index (χ0n) is 14.3. The van der Waals surface area contributed by atoms with Crippen LogP contribution in [0.25, 0.3) is 16.6 Å². The lowest BCUT2D eigenvalue weighted by Crippen LogP contribution is -2.23. The molecule has 128 valence electrons. The van der Waals surface area contributed by atoms with Crippen LogP contribution in [-0.2, 0) is 6.54 Å². The second kappa shape index (κ2) is 6.76. The van der Waals surface area contributed by atoms with E-state index in [0.717, 1.165) is 27.7 Å². The lowest BCUT2D eigenvalue weighted by atomic mass is 10.0. The van der Waals surface area contributed by atoms with Crippen LogP contribution in [0.3, 0.4) is 0 Å². The molecular weight excluding hydrogens is 326 g/mol. The number of carbonyl (C=O) groups excluding carboxylic acids is 1. The van der Waals surface area contributed by atoms with Crippen LogP contribution >= 0.6 is 0 Å². The van der Waals surface area contributed by atoms with Gasteiger partial charge in [-0.3, -0.25) is 9.78 Å². The van der Waals surface area contributed by atoms with Gasteiger partial charge in [0.15, 0.2) is 0 Å². The average Bonchev–Trinajstić information content (AvgIpc) is 3.22. The number of aromatic nitrogens is 4. The van der Waals surface area contributed by atoms with E-state index < -0.39 is 0 Å². The van der Waals surface area contributed by atoms with Crippen molar-refractivity contribution >= 4 is 16.8 Å². The summed E-state index contributed by atoms with van der Waals surface area (Å²) in [7, 11) is 0. The van der Waals surface area contributed by atoms with Crippen LogP contribution in [0.1, 0.15) is 21.5 Å². The molecule has 0 radical (unpaired) electrons. The Morgan fingerprint density at radius 1 is 1.12 bits per heavy atom. The van der Waals surface area contributed by atoms with Crippen molar-refractivity contribution in [2.24, 2.45) is 0 Å². The summed E-state index contributed by atoms with van der Waals surface area (Å²) in [5.74, 6) is -0.124. The molecule has 4 rings (SSSR count). The molecule has 26 heavy (non-hydrogen) atoms. The van der Waals surface area contributed by atoms with Crippen molar-refractivity contribution in [3.63, 3.8) is 0 Å². The maximum absolute atomic E-state index is 12.6. The highest BCUT2D eigenvalue weighted by Crippen LogP contribution is 2.19. The zero-order chi connectivity index (χ0) is 17.9. The normalized spacial score (nSPS) is 10.8. The Morgan fingerprint density at radius 3 is 2.69 bits per heavy atom. The number of aryl methyl sites for hydroxylation is 1. The van der Waals surface area contributed by atoms with Crippen LogP contribution < -0.4 is 5.32 Å². The van der Waals surface area contributed by atoms with Gasteiger partial charge in [-0.2, -0.15) is 5.10 Å². The van der Waals surface area contributed by atoms with Crippen molar-refractivity contribution in [3.8, 4) is 5.69 Å². The van der Waals surface area contributed by atoms with Gasteiger partial charge < -0.3 is 5.32 Å². The number of carbonyl (C=O) groups is 1. The molecule has 6 heteroatoms. The van der Waals surface area contributed by atoms with Gasteiger partial charge in [-0.1, -0.05) is 30.3 Å². The van der Waals surface area contributed by atoms with E-state index >= 15 is 0 Å². The third kappa shape index (κ3) is 3.04. The quantitative estimate of drug-likeness (QED) is 0.618. The Hall–Kier alpha value is -3.54. The summed E-state index contributed by atoms with van der Waals surface area (Å²) < 4.78 is 1.69. The fraction of sp³-hybridized carbons (Fsp3) is 0.100. The van der Waals surface area contributed by atoms with E-state index in [9.17, 15) is 4.79 Å². The number of benzene rings is 2. The summed E-state index contributed by atoms with van der Waals surface area (Å²) >= 11 is 0. The highest BCUT2D eigenvalue weighted by Gasteiger charge is 2.12. The van der Waals surface area contributed by atoms with Gasteiger partial charge >= 0.3 is 0 Å². The van der Waals surface area contributed by atoms with Crippen molar-refractivity contribution in [2.75, 3.05) is 0 Å². The Bertz CT molecular complexity index is 1060. The van der Waals surface area contributed by atoms with E-state index in [1.807, 2.05) is 55.5 Å². The molecule has 0 saturated heterocycles. The maximum Gasteiger partial charge on any atom is 0.253 e. The van der Waals surface area contributed by atoms with Crippen LogP contribution in [0.15, 0.2) is 67.4 Å². The number of rotatable bonds is 4. The van der Waals surface area contributed by atoms with Gasteiger partial charge in [0.1, 0.15) is 12.7 Å². The summed E-state index contributed by atoms with van der Waals surface area (Å²) in [5, 5.41) is 8.05. The SMILES string of the molecule is Cc1c(C(=O)NCc2ccc(-n3cncn3)cc2)cnc2ccccc12. The minimum Gasteiger partial charge on any atom is -0.348 e. The molecule has 4 aromatic rings. The van der Waals surface area contributed by atoms with Gasteiger partial charge in [0, 0.05) is 18.1 Å². The van der Waals surface area contributed by atoms with Crippen LogP contribution in [-0.4, -0.2) is 25.7 Å². The van der Waals surface area contributed by atoms with Crippen molar-refractivity contribution < 1.29 is 4.79 Å². The third-order valence-electron chi connectivity index (χ3n) is 4.36. The highest BCUT2D eigenvalue weighted by atomic mass is 16.1. The lowest BCUT2D eigenvalue weighted by molar-refractivity contribution is 0.0950. The molecule has 2 aromatic carbocycles. The Morgan fingerprint density at radius 2 is 1.92 bits per heavy atom. The number of fused-ring (bicyclic) bond motifs is 1. The first kappa shape index (κ1) is 16.0. The molecule has 2 heterocycles. The molecule has 0 atom stereocenters. The number of nitrogens with zero attached hydrogens (tertiary/aromatic N) is 4.